The van der Waals surface area contributed by atoms with Crippen LogP contribution in [0.3, 0.4) is 0 Å². The number of aromatic amines is 1. The summed E-state index contributed by atoms with van der Waals surface area (Å²) in [6, 6.07) is 17.7. The highest BCUT2D eigenvalue weighted by Crippen LogP contribution is 2.41. The number of rotatable bonds is 6. The van der Waals surface area contributed by atoms with E-state index in [1.165, 1.54) is 11.8 Å². The van der Waals surface area contributed by atoms with Crippen molar-refractivity contribution in [1.29, 1.82) is 0 Å². The van der Waals surface area contributed by atoms with E-state index in [9.17, 15) is 4.79 Å². The number of pyridine rings is 1. The lowest BCUT2D eigenvalue weighted by molar-refractivity contribution is -0.111. The Morgan fingerprint density at radius 3 is 2.48 bits per heavy atom. The zero-order valence-corrected chi connectivity index (χ0v) is 24.9. The van der Waals surface area contributed by atoms with Crippen LogP contribution in [-0.2, 0) is 11.8 Å². The number of likely N-dealkylation sites (N-methyl/N-ethyl adjacent to an activating group) is 1. The number of carbonyl (C=O) groups excluding carboxylic acids is 1. The van der Waals surface area contributed by atoms with Crippen molar-refractivity contribution in [3.05, 3.63) is 84.8 Å². The Hall–Kier alpha value is -4.69. The molecule has 8 nitrogen and oxygen atoms in total. The number of fused-ring (bicyclic) bond motifs is 1. The van der Waals surface area contributed by atoms with Crippen molar-refractivity contribution < 1.29 is 4.79 Å². The van der Waals surface area contributed by atoms with Gasteiger partial charge in [-0.05, 0) is 74.9 Å². The van der Waals surface area contributed by atoms with E-state index in [2.05, 4.69) is 89.1 Å². The number of hydrogen-bond acceptors (Lipinski definition) is 5. The Kier molecular flexibility index (Phi) is 7.16. The Morgan fingerprint density at radius 2 is 1.79 bits per heavy atom. The van der Waals surface area contributed by atoms with E-state index in [0.717, 1.165) is 81.1 Å². The Morgan fingerprint density at radius 1 is 1.02 bits per heavy atom. The minimum absolute atomic E-state index is 0.237. The largest absolute Gasteiger partial charge is 0.369 e. The molecule has 4 heterocycles. The summed E-state index contributed by atoms with van der Waals surface area (Å²) < 4.78 is 1.88. The van der Waals surface area contributed by atoms with Crippen molar-refractivity contribution in [2.45, 2.75) is 26.8 Å². The maximum atomic E-state index is 12.2. The van der Waals surface area contributed by atoms with Gasteiger partial charge in [-0.25, -0.2) is 4.98 Å². The fourth-order valence-electron chi connectivity index (χ4n) is 5.73. The molecule has 214 valence electrons. The van der Waals surface area contributed by atoms with Gasteiger partial charge in [-0.2, -0.15) is 5.10 Å². The minimum atomic E-state index is -0.237. The van der Waals surface area contributed by atoms with Crippen LogP contribution in [0.25, 0.3) is 44.5 Å². The second-order valence-corrected chi connectivity index (χ2v) is 11.3. The summed E-state index contributed by atoms with van der Waals surface area (Å²) >= 11 is 0. The number of piperazine rings is 1. The van der Waals surface area contributed by atoms with Gasteiger partial charge in [0.15, 0.2) is 0 Å². The van der Waals surface area contributed by atoms with Crippen LogP contribution >= 0.6 is 0 Å². The second-order valence-electron chi connectivity index (χ2n) is 11.3. The van der Waals surface area contributed by atoms with Crippen LogP contribution in [0.4, 0.5) is 11.4 Å². The molecule has 1 fully saturated rings. The molecule has 2 aromatic carbocycles. The second kappa shape index (κ2) is 10.9. The highest BCUT2D eigenvalue weighted by Gasteiger charge is 2.22. The summed E-state index contributed by atoms with van der Waals surface area (Å²) in [5, 5.41) is 8.42. The van der Waals surface area contributed by atoms with E-state index in [1.54, 1.807) is 0 Å². The molecule has 6 rings (SSSR count). The van der Waals surface area contributed by atoms with Crippen LogP contribution in [0.2, 0.25) is 0 Å². The molecule has 1 aliphatic heterocycles. The topological polar surface area (TPSA) is 82.1 Å². The van der Waals surface area contributed by atoms with E-state index in [-0.39, 0.29) is 5.91 Å². The molecule has 0 saturated carbocycles. The van der Waals surface area contributed by atoms with Crippen LogP contribution in [-0.4, -0.2) is 63.3 Å². The lowest BCUT2D eigenvalue weighted by atomic mass is 9.96. The van der Waals surface area contributed by atoms with Gasteiger partial charge in [-0.1, -0.05) is 30.8 Å². The van der Waals surface area contributed by atoms with E-state index >= 15 is 0 Å². The number of amides is 1. The maximum Gasteiger partial charge on any atom is 0.247 e. The summed E-state index contributed by atoms with van der Waals surface area (Å²) in [4.78, 5) is 25.6. The molecule has 0 aliphatic carbocycles. The van der Waals surface area contributed by atoms with Crippen LogP contribution in [0.15, 0.2) is 73.6 Å². The first kappa shape index (κ1) is 27.5. The molecular weight excluding hydrogens is 522 g/mol. The van der Waals surface area contributed by atoms with Crippen molar-refractivity contribution in [3.8, 4) is 33.5 Å². The highest BCUT2D eigenvalue weighted by atomic mass is 16.1. The Labute approximate surface area is 246 Å². The molecule has 1 saturated heterocycles. The predicted octanol–water partition coefficient (Wildman–Crippen LogP) is 6.18. The molecule has 0 radical (unpaired) electrons. The lowest BCUT2D eigenvalue weighted by Gasteiger charge is -2.39. The van der Waals surface area contributed by atoms with Crippen molar-refractivity contribution in [2.24, 2.45) is 7.05 Å². The van der Waals surface area contributed by atoms with Gasteiger partial charge in [0.2, 0.25) is 5.91 Å². The quantitative estimate of drug-likeness (QED) is 0.243. The van der Waals surface area contributed by atoms with Gasteiger partial charge < -0.3 is 20.1 Å². The SMILES string of the molecule is C=CC(=O)Nc1cc(-c2c(-c3ccc(N4CCN(C)[C@@H](C)C4)cc3)[nH]c3ncc(-c4cnn(C)c4C)cc23)ccc1C. The molecule has 0 spiro atoms. The van der Waals surface area contributed by atoms with Gasteiger partial charge in [0, 0.05) is 78.1 Å². The average molecular weight is 560 g/mol. The van der Waals surface area contributed by atoms with E-state index in [0.29, 0.717) is 6.04 Å². The fraction of sp³-hybridized carbons (Fsp3) is 0.265. The van der Waals surface area contributed by atoms with E-state index in [1.807, 2.05) is 43.2 Å². The number of nitrogens with zero attached hydrogens (tertiary/aromatic N) is 5. The molecule has 0 unspecified atom stereocenters. The molecule has 1 atom stereocenters. The molecule has 1 amide bonds. The van der Waals surface area contributed by atoms with Crippen molar-refractivity contribution in [1.82, 2.24) is 24.6 Å². The van der Waals surface area contributed by atoms with Gasteiger partial charge in [0.25, 0.3) is 0 Å². The predicted molar refractivity (Wildman–Crippen MR) is 172 cm³/mol. The molecule has 2 N–H and O–H groups in total. The Bertz CT molecular complexity index is 1800. The zero-order chi connectivity index (χ0) is 29.5. The first-order chi connectivity index (χ1) is 20.2. The van der Waals surface area contributed by atoms with Crippen LogP contribution in [0, 0.1) is 13.8 Å². The molecule has 0 bridgehead atoms. The number of carbonyl (C=O) groups is 1. The number of aryl methyl sites for hydroxylation is 2. The summed E-state index contributed by atoms with van der Waals surface area (Å²) in [6.45, 7) is 13.0. The van der Waals surface area contributed by atoms with Crippen LogP contribution < -0.4 is 10.2 Å². The third kappa shape index (κ3) is 4.99. The zero-order valence-electron chi connectivity index (χ0n) is 24.9. The van der Waals surface area contributed by atoms with Crippen molar-refractivity contribution in [3.63, 3.8) is 0 Å². The normalized spacial score (nSPS) is 15.7. The van der Waals surface area contributed by atoms with Crippen molar-refractivity contribution >= 4 is 28.3 Å². The minimum Gasteiger partial charge on any atom is -0.369 e. The van der Waals surface area contributed by atoms with Crippen LogP contribution in [0.1, 0.15) is 18.2 Å². The van der Waals surface area contributed by atoms with Crippen molar-refractivity contribution in [2.75, 3.05) is 36.9 Å². The number of H-pyrrole nitrogens is 1. The molecule has 1 aliphatic rings. The smallest absolute Gasteiger partial charge is 0.247 e. The molecule has 3 aromatic heterocycles. The maximum absolute atomic E-state index is 12.2. The van der Waals surface area contributed by atoms with Gasteiger partial charge in [0.05, 0.1) is 11.9 Å². The number of nitrogens with one attached hydrogen (secondary N) is 2. The number of aromatic nitrogens is 4. The average Bonchev–Trinajstić information content (AvgIpc) is 3.54. The van der Waals surface area contributed by atoms with Gasteiger partial charge >= 0.3 is 0 Å². The molecule has 5 aromatic rings. The monoisotopic (exact) mass is 559 g/mol. The van der Waals surface area contributed by atoms with E-state index < -0.39 is 0 Å². The number of anilines is 2. The first-order valence-corrected chi connectivity index (χ1v) is 14.3. The molecule has 8 heteroatoms. The number of benzene rings is 2. The third-order valence-electron chi connectivity index (χ3n) is 8.65. The molecular formula is C34H37N7O. The fourth-order valence-corrected chi connectivity index (χ4v) is 5.73. The first-order valence-electron chi connectivity index (χ1n) is 14.3. The third-order valence-corrected chi connectivity index (χ3v) is 8.65. The van der Waals surface area contributed by atoms with Crippen LogP contribution in [0.5, 0.6) is 0 Å². The van der Waals surface area contributed by atoms with E-state index in [4.69, 9.17) is 4.98 Å². The van der Waals surface area contributed by atoms with Gasteiger partial charge in [-0.3, -0.25) is 9.48 Å². The summed E-state index contributed by atoms with van der Waals surface area (Å²) in [7, 11) is 4.14. The molecule has 42 heavy (non-hydrogen) atoms. The lowest BCUT2D eigenvalue weighted by Crippen LogP contribution is -2.50. The van der Waals surface area contributed by atoms with Gasteiger partial charge in [-0.15, -0.1) is 0 Å². The summed E-state index contributed by atoms with van der Waals surface area (Å²) in [5.74, 6) is -0.237. The summed E-state index contributed by atoms with van der Waals surface area (Å²) in [6.07, 6.45) is 5.08. The summed E-state index contributed by atoms with van der Waals surface area (Å²) in [5.41, 5.74) is 11.0. The van der Waals surface area contributed by atoms with Gasteiger partial charge in [0.1, 0.15) is 5.65 Å². The Balaban J connectivity index is 1.49. The standard InChI is InChI=1S/C34H37N7O/c1-7-31(42)37-30-17-25(9-8-21(30)2)32-28-16-26(29-19-36-40(6)23(29)4)18-35-34(28)38-33(32)24-10-12-27(13-11-24)41-15-14-39(5)22(3)20-41/h7-13,16-19,22H,1,14-15,20H2,2-6H3,(H,35,38)(H,37,42)/t22-/m0/s1. The number of hydrogen-bond donors (Lipinski definition) is 2. The highest BCUT2D eigenvalue weighted by molar-refractivity contribution is 6.05.